The van der Waals surface area contributed by atoms with Gasteiger partial charge in [0.1, 0.15) is 0 Å². The number of hydrogen-bond donors (Lipinski definition) is 1. The molecule has 0 aromatic heterocycles. The van der Waals surface area contributed by atoms with Crippen LogP contribution in [0.2, 0.25) is 19.6 Å². The summed E-state index contributed by atoms with van der Waals surface area (Å²) in [5.74, 6) is 1.51. The Kier molecular flexibility index (Phi) is 5.07. The third-order valence-corrected chi connectivity index (χ3v) is 6.88. The second-order valence-corrected chi connectivity index (χ2v) is 13.0. The highest BCUT2D eigenvalue weighted by Gasteiger charge is 2.52. The molecule has 1 aliphatic carbocycles. The van der Waals surface area contributed by atoms with Gasteiger partial charge in [-0.25, -0.2) is 0 Å². The Morgan fingerprint density at radius 2 is 1.78 bits per heavy atom. The minimum Gasteiger partial charge on any atom is -0.387 e. The van der Waals surface area contributed by atoms with Crippen LogP contribution >= 0.6 is 0 Å². The summed E-state index contributed by atoms with van der Waals surface area (Å²) in [4.78, 5) is 0. The van der Waals surface area contributed by atoms with Gasteiger partial charge in [0.25, 0.3) is 0 Å². The fourth-order valence-electron chi connectivity index (χ4n) is 4.05. The molecule has 1 fully saturated rings. The Hall–Kier alpha value is 0.137. The van der Waals surface area contributed by atoms with E-state index in [2.05, 4.69) is 40.4 Å². The van der Waals surface area contributed by atoms with E-state index in [-0.39, 0.29) is 5.73 Å². The van der Waals surface area contributed by atoms with Gasteiger partial charge in [-0.3, -0.25) is 0 Å². The van der Waals surface area contributed by atoms with Crippen molar-refractivity contribution in [1.29, 1.82) is 0 Å². The molecule has 0 spiro atoms. The van der Waals surface area contributed by atoms with Crippen molar-refractivity contribution < 1.29 is 9.84 Å². The van der Waals surface area contributed by atoms with Gasteiger partial charge in [-0.05, 0) is 30.6 Å². The Bertz CT molecular complexity index is 272. The first kappa shape index (κ1) is 16.2. The maximum absolute atomic E-state index is 11.4. The van der Waals surface area contributed by atoms with Crippen LogP contribution in [-0.4, -0.2) is 31.6 Å². The van der Waals surface area contributed by atoms with Gasteiger partial charge in [0.05, 0.1) is 19.4 Å². The molecule has 1 N–H and O–H groups in total. The first-order valence-electron chi connectivity index (χ1n) is 7.38. The molecule has 3 heteroatoms. The summed E-state index contributed by atoms with van der Waals surface area (Å²) in [6, 6.07) is 0. The molecule has 0 saturated heterocycles. The highest BCUT2D eigenvalue weighted by atomic mass is 28.3. The van der Waals surface area contributed by atoms with Crippen LogP contribution in [0.25, 0.3) is 0 Å². The van der Waals surface area contributed by atoms with E-state index < -0.39 is 13.7 Å². The molecular formula is C15H32O2Si. The summed E-state index contributed by atoms with van der Waals surface area (Å²) >= 11 is 0. The second kappa shape index (κ2) is 5.64. The highest BCUT2D eigenvalue weighted by Crippen LogP contribution is 2.45. The maximum Gasteiger partial charge on any atom is 0.0911 e. The first-order chi connectivity index (χ1) is 8.13. The zero-order chi connectivity index (χ0) is 14.1. The van der Waals surface area contributed by atoms with E-state index >= 15 is 0 Å². The molecule has 1 rings (SSSR count). The average molecular weight is 273 g/mol. The molecule has 1 saturated carbocycles. The van der Waals surface area contributed by atoms with Gasteiger partial charge < -0.3 is 9.84 Å². The lowest BCUT2D eigenvalue weighted by Crippen LogP contribution is -2.62. The Balaban J connectivity index is 3.09. The van der Waals surface area contributed by atoms with Gasteiger partial charge >= 0.3 is 0 Å². The van der Waals surface area contributed by atoms with E-state index in [4.69, 9.17) is 4.74 Å². The van der Waals surface area contributed by atoms with Gasteiger partial charge in [0.15, 0.2) is 0 Å². The molecule has 0 heterocycles. The maximum atomic E-state index is 11.4. The summed E-state index contributed by atoms with van der Waals surface area (Å²) in [5.41, 5.74) is -0.578. The standard InChI is InChI=1S/C15H32O2Si/c1-11(2)13-9-8-12(3)10-15(13,16)14(17-4)18(5,6)7/h11-14,16H,8-10H2,1-7H3/t12-,13+,14?,15?/m1/s1. The second-order valence-electron chi connectivity index (χ2n) is 7.71. The van der Waals surface area contributed by atoms with Crippen LogP contribution in [0.1, 0.15) is 40.0 Å². The lowest BCUT2D eigenvalue weighted by molar-refractivity contribution is -0.140. The lowest BCUT2D eigenvalue weighted by Gasteiger charge is -2.51. The van der Waals surface area contributed by atoms with Crippen LogP contribution in [0, 0.1) is 17.8 Å². The average Bonchev–Trinajstić information content (AvgIpc) is 2.14. The predicted molar refractivity (Wildman–Crippen MR) is 80.4 cm³/mol. The van der Waals surface area contributed by atoms with Crippen molar-refractivity contribution in [2.45, 2.75) is 71.0 Å². The molecular weight excluding hydrogens is 240 g/mol. The van der Waals surface area contributed by atoms with Gasteiger partial charge in [-0.1, -0.05) is 46.8 Å². The van der Waals surface area contributed by atoms with Crippen LogP contribution in [0.15, 0.2) is 0 Å². The van der Waals surface area contributed by atoms with Gasteiger partial charge in [0.2, 0.25) is 0 Å². The van der Waals surface area contributed by atoms with E-state index in [9.17, 15) is 5.11 Å². The van der Waals surface area contributed by atoms with Crippen LogP contribution in [0.4, 0.5) is 0 Å². The zero-order valence-electron chi connectivity index (χ0n) is 13.3. The Labute approximate surface area is 114 Å². The zero-order valence-corrected chi connectivity index (χ0v) is 14.3. The molecule has 1 aliphatic rings. The van der Waals surface area contributed by atoms with E-state index in [0.717, 1.165) is 12.8 Å². The number of ether oxygens (including phenoxy) is 1. The molecule has 0 aromatic rings. The predicted octanol–water partition coefficient (Wildman–Crippen LogP) is 3.70. The smallest absolute Gasteiger partial charge is 0.0911 e. The monoisotopic (exact) mass is 272 g/mol. The number of methoxy groups -OCH3 is 1. The molecule has 2 nitrogen and oxygen atoms in total. The van der Waals surface area contributed by atoms with E-state index in [0.29, 0.717) is 17.8 Å². The van der Waals surface area contributed by atoms with E-state index in [1.807, 2.05) is 0 Å². The fourth-order valence-corrected chi connectivity index (χ4v) is 6.58. The molecule has 0 aromatic carbocycles. The van der Waals surface area contributed by atoms with E-state index in [1.54, 1.807) is 7.11 Å². The SMILES string of the molecule is COC(C1(O)C[C@H](C)CC[C@H]1C(C)C)[Si](C)(C)C. The van der Waals surface area contributed by atoms with Crippen molar-refractivity contribution in [1.82, 2.24) is 0 Å². The topological polar surface area (TPSA) is 29.5 Å². The quantitative estimate of drug-likeness (QED) is 0.791. The molecule has 18 heavy (non-hydrogen) atoms. The van der Waals surface area contributed by atoms with Crippen molar-refractivity contribution in [3.63, 3.8) is 0 Å². The van der Waals surface area contributed by atoms with Gasteiger partial charge in [0, 0.05) is 7.11 Å². The van der Waals surface area contributed by atoms with Crippen molar-refractivity contribution in [3.05, 3.63) is 0 Å². The molecule has 108 valence electrons. The van der Waals surface area contributed by atoms with Crippen molar-refractivity contribution in [3.8, 4) is 0 Å². The Morgan fingerprint density at radius 1 is 1.22 bits per heavy atom. The number of aliphatic hydroxyl groups is 1. The summed E-state index contributed by atoms with van der Waals surface area (Å²) < 4.78 is 5.80. The van der Waals surface area contributed by atoms with Crippen LogP contribution < -0.4 is 0 Å². The Morgan fingerprint density at radius 3 is 2.17 bits per heavy atom. The van der Waals surface area contributed by atoms with Crippen molar-refractivity contribution >= 4 is 8.07 Å². The molecule has 0 bridgehead atoms. The largest absolute Gasteiger partial charge is 0.387 e. The summed E-state index contributed by atoms with van der Waals surface area (Å²) in [7, 11) is 0.239. The number of rotatable bonds is 4. The minimum atomic E-state index is -1.54. The summed E-state index contributed by atoms with van der Waals surface area (Å²) in [6.07, 6.45) is 3.28. The summed E-state index contributed by atoms with van der Waals surface area (Å²) in [5, 5.41) is 11.4. The third-order valence-electron chi connectivity index (χ3n) is 4.57. The molecule has 0 aliphatic heterocycles. The highest BCUT2D eigenvalue weighted by molar-refractivity contribution is 6.77. The fraction of sp³-hybridized carbons (Fsp3) is 1.00. The number of hydrogen-bond acceptors (Lipinski definition) is 2. The van der Waals surface area contributed by atoms with Crippen molar-refractivity contribution in [2.75, 3.05) is 7.11 Å². The van der Waals surface area contributed by atoms with Crippen LogP contribution in [0.3, 0.4) is 0 Å². The van der Waals surface area contributed by atoms with Crippen LogP contribution in [-0.2, 0) is 4.74 Å². The van der Waals surface area contributed by atoms with E-state index in [1.165, 1.54) is 6.42 Å². The molecule has 2 unspecified atom stereocenters. The van der Waals surface area contributed by atoms with Crippen LogP contribution in [0.5, 0.6) is 0 Å². The molecule has 4 atom stereocenters. The van der Waals surface area contributed by atoms with Gasteiger partial charge in [-0.15, -0.1) is 0 Å². The lowest BCUT2D eigenvalue weighted by atomic mass is 9.67. The first-order valence-corrected chi connectivity index (χ1v) is 11.0. The molecule has 0 amide bonds. The molecule has 0 radical (unpaired) electrons. The minimum absolute atomic E-state index is 0.0418. The van der Waals surface area contributed by atoms with Crippen molar-refractivity contribution in [2.24, 2.45) is 17.8 Å². The summed E-state index contributed by atoms with van der Waals surface area (Å²) in [6.45, 7) is 13.6. The normalized spacial score (nSPS) is 35.8. The third kappa shape index (κ3) is 3.17. The van der Waals surface area contributed by atoms with Gasteiger partial charge in [-0.2, -0.15) is 0 Å².